The molecule has 0 saturated carbocycles. The largest absolute Gasteiger partial charge is 0.135 e. The predicted octanol–water partition coefficient (Wildman–Crippen LogP) is 11.1. The Labute approximate surface area is 261 Å². The zero-order chi connectivity index (χ0) is 29.6. The summed E-state index contributed by atoms with van der Waals surface area (Å²) in [5, 5.41) is 9.78. The van der Waals surface area contributed by atoms with Gasteiger partial charge in [0.25, 0.3) is 0 Å². The van der Waals surface area contributed by atoms with E-state index in [9.17, 15) is 0 Å². The van der Waals surface area contributed by atoms with Crippen molar-refractivity contribution in [3.8, 4) is 33.4 Å². The molecule has 0 saturated heterocycles. The molecule has 44 heavy (non-hydrogen) atoms. The maximum Gasteiger partial charge on any atom is 0.0355 e. The highest BCUT2D eigenvalue weighted by atomic mass is 32.1. The van der Waals surface area contributed by atoms with Crippen molar-refractivity contribution in [1.29, 1.82) is 0 Å². The van der Waals surface area contributed by atoms with Crippen molar-refractivity contribution in [1.82, 2.24) is 0 Å². The number of rotatable bonds is 4. The highest BCUT2D eigenvalue weighted by Gasteiger charge is 2.15. The summed E-state index contributed by atoms with van der Waals surface area (Å²) in [6, 6.07) is 48.7. The molecule has 0 spiro atoms. The minimum absolute atomic E-state index is 1.04. The molecule has 0 N–H and O–H groups in total. The van der Waals surface area contributed by atoms with E-state index in [0.717, 1.165) is 10.4 Å². The molecule has 0 aliphatic heterocycles. The summed E-state index contributed by atoms with van der Waals surface area (Å²) in [6.07, 6.45) is 6.44. The number of allylic oxidation sites excluding steroid dienone is 2. The minimum atomic E-state index is 1.04. The van der Waals surface area contributed by atoms with E-state index in [-0.39, 0.29) is 0 Å². The van der Waals surface area contributed by atoms with Gasteiger partial charge in [-0.25, -0.2) is 0 Å². The van der Waals surface area contributed by atoms with Crippen LogP contribution in [0.25, 0.3) is 87.8 Å². The van der Waals surface area contributed by atoms with Gasteiger partial charge in [-0.3, -0.25) is 0 Å². The number of fused-ring (bicyclic) bond motifs is 5. The van der Waals surface area contributed by atoms with Gasteiger partial charge in [0.05, 0.1) is 0 Å². The second kappa shape index (κ2) is 10.8. The first-order valence-corrected chi connectivity index (χ1v) is 15.9. The van der Waals surface area contributed by atoms with Gasteiger partial charge in [0.15, 0.2) is 0 Å². The quantitative estimate of drug-likeness (QED) is 0.195. The molecule has 0 amide bonds. The van der Waals surface area contributed by atoms with Crippen LogP contribution >= 0.6 is 11.3 Å². The molecule has 0 unspecified atom stereocenters. The Balaban J connectivity index is 1.37. The first kappa shape index (κ1) is 26.4. The summed E-state index contributed by atoms with van der Waals surface area (Å²) in [5.74, 6) is 0. The Bertz CT molecular complexity index is 2530. The topological polar surface area (TPSA) is 0 Å². The fourth-order valence-electron chi connectivity index (χ4n) is 6.63. The normalized spacial score (nSPS) is 12.3. The summed E-state index contributed by atoms with van der Waals surface area (Å²) in [6.45, 7) is 6.82. The van der Waals surface area contributed by atoms with Gasteiger partial charge in [0.1, 0.15) is 0 Å². The summed E-state index contributed by atoms with van der Waals surface area (Å²) >= 11 is 1.86. The van der Waals surface area contributed by atoms with Gasteiger partial charge in [-0.05, 0) is 103 Å². The van der Waals surface area contributed by atoms with Gasteiger partial charge < -0.3 is 0 Å². The van der Waals surface area contributed by atoms with Gasteiger partial charge in [0, 0.05) is 20.2 Å². The highest BCUT2D eigenvalue weighted by Crippen LogP contribution is 2.38. The van der Waals surface area contributed by atoms with Crippen LogP contribution in [0.2, 0.25) is 0 Å². The Kier molecular flexibility index (Phi) is 6.47. The summed E-state index contributed by atoms with van der Waals surface area (Å²) in [4.78, 5) is 0. The number of thiophene rings is 1. The van der Waals surface area contributed by atoms with Crippen molar-refractivity contribution < 1.29 is 0 Å². The van der Waals surface area contributed by atoms with E-state index in [2.05, 4.69) is 159 Å². The van der Waals surface area contributed by atoms with Crippen molar-refractivity contribution in [2.45, 2.75) is 6.92 Å². The summed E-state index contributed by atoms with van der Waals surface area (Å²) < 4.78 is 2.66. The molecule has 7 aromatic carbocycles. The Morgan fingerprint density at radius 2 is 1.14 bits per heavy atom. The van der Waals surface area contributed by atoms with E-state index < -0.39 is 0 Å². The second-order valence-corrected chi connectivity index (χ2v) is 12.4. The highest BCUT2D eigenvalue weighted by molar-refractivity contribution is 7.25. The smallest absolute Gasteiger partial charge is 0.0355 e. The average Bonchev–Trinajstić information content (AvgIpc) is 3.45. The molecule has 0 fully saturated rings. The number of hydrogen-bond donors (Lipinski definition) is 0. The third kappa shape index (κ3) is 4.37. The first-order chi connectivity index (χ1) is 21.7. The lowest BCUT2D eigenvalue weighted by atomic mass is 9.87. The van der Waals surface area contributed by atoms with Crippen molar-refractivity contribution in [3.63, 3.8) is 0 Å². The SMILES string of the molecule is C=c1c(-c2cccc(-c3ccc4sc5ccccc5c4c3)c2)c2ccccc2c(-c2ccc3ccccc3c2)/c1=C/C=C\C. The van der Waals surface area contributed by atoms with E-state index >= 15 is 0 Å². The van der Waals surface area contributed by atoms with Crippen LogP contribution in [-0.4, -0.2) is 0 Å². The van der Waals surface area contributed by atoms with Gasteiger partial charge in [-0.2, -0.15) is 0 Å². The van der Waals surface area contributed by atoms with Crippen molar-refractivity contribution in [2.75, 3.05) is 0 Å². The molecule has 0 nitrogen and oxygen atoms in total. The van der Waals surface area contributed by atoms with Gasteiger partial charge in [-0.1, -0.05) is 128 Å². The van der Waals surface area contributed by atoms with Crippen molar-refractivity contribution >= 4 is 65.7 Å². The zero-order valence-electron chi connectivity index (χ0n) is 24.5. The lowest BCUT2D eigenvalue weighted by Crippen LogP contribution is -2.28. The summed E-state index contributed by atoms with van der Waals surface area (Å²) in [5.41, 5.74) is 7.23. The van der Waals surface area contributed by atoms with Crippen molar-refractivity contribution in [2.24, 2.45) is 0 Å². The monoisotopic (exact) mass is 578 g/mol. The van der Waals surface area contributed by atoms with Gasteiger partial charge in [-0.15, -0.1) is 11.3 Å². The number of hydrogen-bond acceptors (Lipinski definition) is 1. The molecular formula is C43H30S. The fourth-order valence-corrected chi connectivity index (χ4v) is 7.72. The maximum absolute atomic E-state index is 4.76. The molecule has 0 bridgehead atoms. The first-order valence-electron chi connectivity index (χ1n) is 15.1. The van der Waals surface area contributed by atoms with E-state index in [1.165, 1.54) is 75.1 Å². The van der Waals surface area contributed by atoms with Crippen LogP contribution < -0.4 is 10.4 Å². The van der Waals surface area contributed by atoms with E-state index in [4.69, 9.17) is 6.58 Å². The molecule has 0 aliphatic carbocycles. The Morgan fingerprint density at radius 3 is 1.98 bits per heavy atom. The molecule has 8 aromatic rings. The molecule has 0 radical (unpaired) electrons. The minimum Gasteiger partial charge on any atom is -0.135 e. The Morgan fingerprint density at radius 1 is 0.500 bits per heavy atom. The number of benzene rings is 7. The molecule has 0 aliphatic rings. The van der Waals surface area contributed by atoms with Crippen LogP contribution in [0.15, 0.2) is 146 Å². The molecule has 8 rings (SSSR count). The molecule has 1 heterocycles. The Hall–Kier alpha value is -5.24. The van der Waals surface area contributed by atoms with Crippen LogP contribution in [0.1, 0.15) is 6.92 Å². The fraction of sp³-hybridized carbons (Fsp3) is 0.0233. The molecular weight excluding hydrogens is 549 g/mol. The van der Waals surface area contributed by atoms with E-state index in [1.54, 1.807) is 0 Å². The third-order valence-electron chi connectivity index (χ3n) is 8.72. The van der Waals surface area contributed by atoms with Crippen LogP contribution in [-0.2, 0) is 0 Å². The van der Waals surface area contributed by atoms with Gasteiger partial charge >= 0.3 is 0 Å². The maximum atomic E-state index is 4.76. The zero-order valence-corrected chi connectivity index (χ0v) is 25.4. The van der Waals surface area contributed by atoms with Gasteiger partial charge in [0.2, 0.25) is 0 Å². The molecule has 208 valence electrons. The summed E-state index contributed by atoms with van der Waals surface area (Å²) in [7, 11) is 0. The van der Waals surface area contributed by atoms with Crippen LogP contribution in [0.3, 0.4) is 0 Å². The van der Waals surface area contributed by atoms with Crippen LogP contribution in [0.4, 0.5) is 0 Å². The lowest BCUT2D eigenvalue weighted by molar-refractivity contribution is 1.53. The molecule has 0 atom stereocenters. The van der Waals surface area contributed by atoms with E-state index in [0.29, 0.717) is 0 Å². The average molecular weight is 579 g/mol. The predicted molar refractivity (Wildman–Crippen MR) is 195 cm³/mol. The molecule has 1 aromatic heterocycles. The van der Waals surface area contributed by atoms with Crippen molar-refractivity contribution in [3.05, 3.63) is 156 Å². The van der Waals surface area contributed by atoms with E-state index in [1.807, 2.05) is 11.3 Å². The molecule has 1 heteroatoms. The lowest BCUT2D eigenvalue weighted by Gasteiger charge is -2.16. The third-order valence-corrected chi connectivity index (χ3v) is 9.87. The van der Waals surface area contributed by atoms with Crippen LogP contribution in [0, 0.1) is 0 Å². The second-order valence-electron chi connectivity index (χ2n) is 11.3. The van der Waals surface area contributed by atoms with Crippen LogP contribution in [0.5, 0.6) is 0 Å². The standard InChI is InChI=1S/C43H30S/c1-3-4-16-35-28(2)42(37-18-7-8-19-38(37)43(35)34-22-21-29-12-5-6-13-30(29)25-34)33-15-11-14-31(26-33)32-23-24-41-39(27-32)36-17-9-10-20-40(36)44-41/h3-27H,2H2,1H3/b4-3-,35-16+.